The third-order valence-electron chi connectivity index (χ3n) is 3.99. The molecule has 4 heteroatoms. The summed E-state index contributed by atoms with van der Waals surface area (Å²) in [6.07, 6.45) is 4.30. The Kier molecular flexibility index (Phi) is 5.99. The molecular formula is C18H28O3S. The van der Waals surface area contributed by atoms with Gasteiger partial charge in [-0.1, -0.05) is 44.0 Å². The van der Waals surface area contributed by atoms with Crippen molar-refractivity contribution in [1.82, 2.24) is 0 Å². The van der Waals surface area contributed by atoms with Gasteiger partial charge in [0.25, 0.3) is 10.1 Å². The third kappa shape index (κ3) is 5.25. The molecule has 0 amide bonds. The molecule has 1 aromatic carbocycles. The van der Waals surface area contributed by atoms with E-state index in [9.17, 15) is 8.42 Å². The van der Waals surface area contributed by atoms with Crippen LogP contribution in [0.3, 0.4) is 0 Å². The predicted octanol–water partition coefficient (Wildman–Crippen LogP) is 4.86. The summed E-state index contributed by atoms with van der Waals surface area (Å²) in [6.45, 7) is 13.6. The topological polar surface area (TPSA) is 43.4 Å². The lowest BCUT2D eigenvalue weighted by Crippen LogP contribution is -2.34. The fraction of sp³-hybridized carbons (Fsp3) is 0.556. The number of rotatable bonds is 8. The van der Waals surface area contributed by atoms with Crippen LogP contribution in [0.5, 0.6) is 0 Å². The molecule has 0 aliphatic rings. The summed E-state index contributed by atoms with van der Waals surface area (Å²) in [6, 6.07) is 6.72. The molecule has 124 valence electrons. The van der Waals surface area contributed by atoms with Gasteiger partial charge in [0.1, 0.15) is 0 Å². The molecule has 0 spiro atoms. The molecule has 0 saturated heterocycles. The zero-order valence-electron chi connectivity index (χ0n) is 14.3. The molecule has 0 N–H and O–H groups in total. The lowest BCUT2D eigenvalue weighted by atomic mass is 9.75. The molecule has 1 aromatic rings. The molecule has 0 radical (unpaired) electrons. The minimum Gasteiger partial charge on any atom is -0.260 e. The molecule has 0 fully saturated rings. The van der Waals surface area contributed by atoms with Crippen LogP contribution in [0.4, 0.5) is 0 Å². The Balaban J connectivity index is 2.95. The Bertz CT molecular complexity index is 600. The quantitative estimate of drug-likeness (QED) is 0.506. The smallest absolute Gasteiger partial charge is 0.260 e. The molecular weight excluding hydrogens is 296 g/mol. The van der Waals surface area contributed by atoms with Gasteiger partial charge in [-0.15, -0.1) is 6.58 Å². The van der Waals surface area contributed by atoms with E-state index in [0.717, 1.165) is 18.4 Å². The Morgan fingerprint density at radius 3 is 2.18 bits per heavy atom. The van der Waals surface area contributed by atoms with Crippen LogP contribution in [-0.2, 0) is 14.3 Å². The summed E-state index contributed by atoms with van der Waals surface area (Å²) in [5, 5.41) is 0. The third-order valence-corrected chi connectivity index (χ3v) is 5.51. The lowest BCUT2D eigenvalue weighted by molar-refractivity contribution is 0.0556. The van der Waals surface area contributed by atoms with E-state index in [1.54, 1.807) is 24.3 Å². The lowest BCUT2D eigenvalue weighted by Gasteiger charge is -2.35. The first kappa shape index (κ1) is 18.9. The minimum absolute atomic E-state index is 0.0198. The monoisotopic (exact) mass is 324 g/mol. The standard InChI is InChI=1S/C18H28O3S/c1-7-13-18(6,8-2)14-17(4,5)21-22(19,20)16-11-9-15(3)10-12-16/h7,9-12H,1,8,13-14H2,2-6H3. The highest BCUT2D eigenvalue weighted by molar-refractivity contribution is 7.86. The van der Waals surface area contributed by atoms with E-state index in [1.807, 2.05) is 26.8 Å². The van der Waals surface area contributed by atoms with E-state index in [2.05, 4.69) is 20.4 Å². The second kappa shape index (κ2) is 6.97. The Morgan fingerprint density at radius 2 is 1.73 bits per heavy atom. The summed E-state index contributed by atoms with van der Waals surface area (Å²) in [5.74, 6) is 0. The number of hydrogen-bond acceptors (Lipinski definition) is 3. The Hall–Kier alpha value is -1.13. The Morgan fingerprint density at radius 1 is 1.18 bits per heavy atom. The van der Waals surface area contributed by atoms with Gasteiger partial charge < -0.3 is 0 Å². The molecule has 0 aliphatic carbocycles. The van der Waals surface area contributed by atoms with Crippen molar-refractivity contribution in [2.24, 2.45) is 5.41 Å². The van der Waals surface area contributed by atoms with Gasteiger partial charge in [0.05, 0.1) is 10.5 Å². The molecule has 0 aromatic heterocycles. The van der Waals surface area contributed by atoms with Crippen LogP contribution in [-0.4, -0.2) is 14.0 Å². The fourth-order valence-electron chi connectivity index (χ4n) is 2.80. The van der Waals surface area contributed by atoms with Crippen LogP contribution in [0.15, 0.2) is 41.8 Å². The van der Waals surface area contributed by atoms with Gasteiger partial charge in [0, 0.05) is 0 Å². The number of aryl methyl sites for hydroxylation is 1. The molecule has 1 rings (SSSR count). The van der Waals surface area contributed by atoms with Gasteiger partial charge in [-0.2, -0.15) is 8.42 Å². The van der Waals surface area contributed by atoms with Crippen molar-refractivity contribution >= 4 is 10.1 Å². The average molecular weight is 324 g/mol. The maximum Gasteiger partial charge on any atom is 0.297 e. The van der Waals surface area contributed by atoms with Crippen molar-refractivity contribution in [3.05, 3.63) is 42.5 Å². The summed E-state index contributed by atoms with van der Waals surface area (Å²) in [7, 11) is -3.76. The van der Waals surface area contributed by atoms with Crippen LogP contribution >= 0.6 is 0 Å². The van der Waals surface area contributed by atoms with Gasteiger partial charge in [-0.3, -0.25) is 4.18 Å². The van der Waals surface area contributed by atoms with Gasteiger partial charge >= 0.3 is 0 Å². The highest BCUT2D eigenvalue weighted by Crippen LogP contribution is 2.38. The van der Waals surface area contributed by atoms with E-state index in [0.29, 0.717) is 6.42 Å². The molecule has 0 bridgehead atoms. The van der Waals surface area contributed by atoms with Crippen LogP contribution in [0.2, 0.25) is 0 Å². The van der Waals surface area contributed by atoms with Crippen LogP contribution in [0.1, 0.15) is 52.5 Å². The maximum atomic E-state index is 12.4. The number of allylic oxidation sites excluding steroid dienone is 1. The van der Waals surface area contributed by atoms with E-state index >= 15 is 0 Å². The van der Waals surface area contributed by atoms with Crippen molar-refractivity contribution in [3.8, 4) is 0 Å². The first-order valence-corrected chi connectivity index (χ1v) is 9.08. The van der Waals surface area contributed by atoms with Crippen molar-refractivity contribution < 1.29 is 12.6 Å². The zero-order valence-corrected chi connectivity index (χ0v) is 15.2. The van der Waals surface area contributed by atoms with E-state index in [4.69, 9.17) is 4.18 Å². The minimum atomic E-state index is -3.76. The molecule has 1 atom stereocenters. The van der Waals surface area contributed by atoms with Gasteiger partial charge in [-0.05, 0) is 51.2 Å². The van der Waals surface area contributed by atoms with Crippen molar-refractivity contribution in [3.63, 3.8) is 0 Å². The highest BCUT2D eigenvalue weighted by Gasteiger charge is 2.35. The predicted molar refractivity (Wildman–Crippen MR) is 91.4 cm³/mol. The second-order valence-corrected chi connectivity index (χ2v) is 8.49. The van der Waals surface area contributed by atoms with Crippen LogP contribution < -0.4 is 0 Å². The summed E-state index contributed by atoms with van der Waals surface area (Å²) in [4.78, 5) is 0.202. The van der Waals surface area contributed by atoms with Crippen molar-refractivity contribution in [2.75, 3.05) is 0 Å². The first-order chi connectivity index (χ1) is 10.0. The second-order valence-electron chi connectivity index (χ2n) is 6.94. The average Bonchev–Trinajstić information content (AvgIpc) is 2.37. The van der Waals surface area contributed by atoms with E-state index in [-0.39, 0.29) is 10.3 Å². The summed E-state index contributed by atoms with van der Waals surface area (Å²) < 4.78 is 30.4. The summed E-state index contributed by atoms with van der Waals surface area (Å²) in [5.41, 5.74) is 0.230. The normalized spacial score (nSPS) is 15.3. The van der Waals surface area contributed by atoms with Crippen molar-refractivity contribution in [2.45, 2.75) is 64.4 Å². The van der Waals surface area contributed by atoms with E-state index in [1.165, 1.54) is 0 Å². The van der Waals surface area contributed by atoms with E-state index < -0.39 is 15.7 Å². The number of hydrogen-bond donors (Lipinski definition) is 0. The molecule has 0 heterocycles. The first-order valence-electron chi connectivity index (χ1n) is 7.67. The van der Waals surface area contributed by atoms with Gasteiger partial charge in [0.15, 0.2) is 0 Å². The molecule has 0 saturated carbocycles. The summed E-state index contributed by atoms with van der Waals surface area (Å²) >= 11 is 0. The molecule has 3 nitrogen and oxygen atoms in total. The van der Waals surface area contributed by atoms with Crippen LogP contribution in [0.25, 0.3) is 0 Å². The number of benzene rings is 1. The SMILES string of the molecule is C=CCC(C)(CC)CC(C)(C)OS(=O)(=O)c1ccc(C)cc1. The fourth-order valence-corrected chi connectivity index (χ4v) is 4.02. The van der Waals surface area contributed by atoms with Crippen LogP contribution in [0, 0.1) is 12.3 Å². The van der Waals surface area contributed by atoms with Crippen molar-refractivity contribution in [1.29, 1.82) is 0 Å². The molecule has 0 aliphatic heterocycles. The molecule has 1 unspecified atom stereocenters. The zero-order chi connectivity index (χ0) is 17.0. The largest absolute Gasteiger partial charge is 0.297 e. The highest BCUT2D eigenvalue weighted by atomic mass is 32.2. The maximum absolute atomic E-state index is 12.4. The Labute approximate surface area is 135 Å². The van der Waals surface area contributed by atoms with Gasteiger partial charge in [0.2, 0.25) is 0 Å². The molecule has 22 heavy (non-hydrogen) atoms. The van der Waals surface area contributed by atoms with Gasteiger partial charge in [-0.25, -0.2) is 0 Å².